The summed E-state index contributed by atoms with van der Waals surface area (Å²) in [6, 6.07) is 0. The zero-order valence-corrected chi connectivity index (χ0v) is 7.77. The number of alkyl halides is 1. The molecule has 0 radical (unpaired) electrons. The highest BCUT2D eigenvalue weighted by Crippen LogP contribution is 2.16. The maximum Gasteiger partial charge on any atom is 0.225 e. The van der Waals surface area contributed by atoms with Crippen molar-refractivity contribution in [2.24, 2.45) is 5.92 Å². The second-order valence-electron chi connectivity index (χ2n) is 3.32. The third kappa shape index (κ3) is 2.09. The molecule has 0 N–H and O–H groups in total. The molecule has 2 nitrogen and oxygen atoms in total. The fourth-order valence-corrected chi connectivity index (χ4v) is 1.55. The van der Waals surface area contributed by atoms with E-state index in [1.807, 2.05) is 18.7 Å². The van der Waals surface area contributed by atoms with Gasteiger partial charge in [-0.15, -0.1) is 11.6 Å². The first-order valence-electron chi connectivity index (χ1n) is 4.04. The van der Waals surface area contributed by atoms with E-state index in [1.165, 1.54) is 0 Å². The molecule has 1 rings (SSSR count). The minimum absolute atomic E-state index is 0.108. The molecule has 1 saturated heterocycles. The predicted octanol–water partition coefficient (Wildman–Crippen LogP) is 1.48. The molecule has 1 atom stereocenters. The summed E-state index contributed by atoms with van der Waals surface area (Å²) in [5, 5.41) is 0.178. The number of halogens is 1. The van der Waals surface area contributed by atoms with Gasteiger partial charge < -0.3 is 4.90 Å². The topological polar surface area (TPSA) is 20.3 Å². The molecule has 0 aromatic rings. The summed E-state index contributed by atoms with van der Waals surface area (Å²) in [6.07, 6.45) is 0.944. The standard InChI is InChI=1S/C8H14ClNO/c1-6(2)8(11)10-4-3-7(9)5-10/h6-7H,3-5H2,1-2H3. The third-order valence-electron chi connectivity index (χ3n) is 1.94. The van der Waals surface area contributed by atoms with Crippen LogP contribution >= 0.6 is 11.6 Å². The van der Waals surface area contributed by atoms with Crippen molar-refractivity contribution in [2.45, 2.75) is 25.6 Å². The van der Waals surface area contributed by atoms with Crippen molar-refractivity contribution in [1.82, 2.24) is 4.90 Å². The number of rotatable bonds is 1. The zero-order valence-electron chi connectivity index (χ0n) is 7.01. The van der Waals surface area contributed by atoms with Gasteiger partial charge in [-0.05, 0) is 6.42 Å². The largest absolute Gasteiger partial charge is 0.341 e. The number of amides is 1. The first-order chi connectivity index (χ1) is 5.11. The molecular formula is C8H14ClNO. The molecule has 1 aliphatic rings. The molecule has 0 aromatic heterocycles. The lowest BCUT2D eigenvalue weighted by atomic mass is 10.2. The fraction of sp³-hybridized carbons (Fsp3) is 0.875. The van der Waals surface area contributed by atoms with Gasteiger partial charge in [-0.2, -0.15) is 0 Å². The zero-order chi connectivity index (χ0) is 8.43. The van der Waals surface area contributed by atoms with Crippen LogP contribution in [0.5, 0.6) is 0 Å². The van der Waals surface area contributed by atoms with E-state index in [1.54, 1.807) is 0 Å². The first kappa shape index (κ1) is 8.85. The Kier molecular flexibility index (Phi) is 2.77. The van der Waals surface area contributed by atoms with Crippen LogP contribution in [0.1, 0.15) is 20.3 Å². The van der Waals surface area contributed by atoms with Gasteiger partial charge in [0, 0.05) is 19.0 Å². The molecule has 3 heteroatoms. The van der Waals surface area contributed by atoms with Gasteiger partial charge in [0.05, 0.1) is 5.38 Å². The van der Waals surface area contributed by atoms with Crippen LogP contribution in [0.15, 0.2) is 0 Å². The Morgan fingerprint density at radius 1 is 1.64 bits per heavy atom. The number of carbonyl (C=O) groups excluding carboxylic acids is 1. The normalized spacial score (nSPS) is 24.7. The van der Waals surface area contributed by atoms with Gasteiger partial charge in [-0.25, -0.2) is 0 Å². The molecule has 64 valence electrons. The van der Waals surface area contributed by atoms with E-state index in [0.717, 1.165) is 19.5 Å². The molecule has 0 aliphatic carbocycles. The lowest BCUT2D eigenvalue weighted by molar-refractivity contribution is -0.133. The van der Waals surface area contributed by atoms with Gasteiger partial charge in [-0.3, -0.25) is 4.79 Å². The van der Waals surface area contributed by atoms with Crippen molar-refractivity contribution in [3.63, 3.8) is 0 Å². The summed E-state index contributed by atoms with van der Waals surface area (Å²) in [5.74, 6) is 0.338. The number of nitrogens with zero attached hydrogens (tertiary/aromatic N) is 1. The molecule has 1 unspecified atom stereocenters. The quantitative estimate of drug-likeness (QED) is 0.553. The van der Waals surface area contributed by atoms with Gasteiger partial charge in [0.25, 0.3) is 0 Å². The molecule has 0 spiro atoms. The second-order valence-corrected chi connectivity index (χ2v) is 3.94. The molecule has 11 heavy (non-hydrogen) atoms. The van der Waals surface area contributed by atoms with Crippen molar-refractivity contribution in [3.05, 3.63) is 0 Å². The van der Waals surface area contributed by atoms with Crippen LogP contribution in [0.2, 0.25) is 0 Å². The van der Waals surface area contributed by atoms with Crippen LogP contribution < -0.4 is 0 Å². The molecule has 1 fully saturated rings. The van der Waals surface area contributed by atoms with Crippen LogP contribution in [0.25, 0.3) is 0 Å². The van der Waals surface area contributed by atoms with Crippen molar-refractivity contribution in [2.75, 3.05) is 13.1 Å². The summed E-state index contributed by atoms with van der Waals surface area (Å²) < 4.78 is 0. The summed E-state index contributed by atoms with van der Waals surface area (Å²) in [7, 11) is 0. The molecule has 1 aliphatic heterocycles. The van der Waals surface area contributed by atoms with Crippen LogP contribution in [-0.4, -0.2) is 29.3 Å². The van der Waals surface area contributed by atoms with E-state index in [2.05, 4.69) is 0 Å². The molecule has 1 heterocycles. The van der Waals surface area contributed by atoms with E-state index in [9.17, 15) is 4.79 Å². The smallest absolute Gasteiger partial charge is 0.225 e. The monoisotopic (exact) mass is 175 g/mol. The molecule has 1 amide bonds. The SMILES string of the molecule is CC(C)C(=O)N1CCC(Cl)C1. The Morgan fingerprint density at radius 3 is 2.64 bits per heavy atom. The Balaban J connectivity index is 2.43. The lowest BCUT2D eigenvalue weighted by Gasteiger charge is -2.17. The van der Waals surface area contributed by atoms with E-state index in [0.29, 0.717) is 0 Å². The van der Waals surface area contributed by atoms with Crippen LogP contribution in [0.3, 0.4) is 0 Å². The summed E-state index contributed by atoms with van der Waals surface area (Å²) in [6.45, 7) is 5.41. The van der Waals surface area contributed by atoms with Gasteiger partial charge in [-0.1, -0.05) is 13.8 Å². The molecular weight excluding hydrogens is 162 g/mol. The lowest BCUT2D eigenvalue weighted by Crippen LogP contribution is -2.32. The number of carbonyl (C=O) groups is 1. The third-order valence-corrected chi connectivity index (χ3v) is 2.29. The highest BCUT2D eigenvalue weighted by atomic mass is 35.5. The van der Waals surface area contributed by atoms with Gasteiger partial charge in [0.1, 0.15) is 0 Å². The Hall–Kier alpha value is -0.240. The summed E-state index contributed by atoms with van der Waals surface area (Å²) in [5.41, 5.74) is 0. The summed E-state index contributed by atoms with van der Waals surface area (Å²) in [4.78, 5) is 13.2. The number of likely N-dealkylation sites (tertiary alicyclic amines) is 1. The second kappa shape index (κ2) is 3.44. The Bertz CT molecular complexity index is 158. The molecule has 0 aromatic carbocycles. The van der Waals surface area contributed by atoms with E-state index < -0.39 is 0 Å². The van der Waals surface area contributed by atoms with Crippen molar-refractivity contribution >= 4 is 17.5 Å². The van der Waals surface area contributed by atoms with Crippen LogP contribution in [0, 0.1) is 5.92 Å². The maximum atomic E-state index is 11.4. The van der Waals surface area contributed by atoms with Crippen LogP contribution in [-0.2, 0) is 4.79 Å². The van der Waals surface area contributed by atoms with Gasteiger partial charge >= 0.3 is 0 Å². The van der Waals surface area contributed by atoms with Crippen molar-refractivity contribution in [3.8, 4) is 0 Å². The van der Waals surface area contributed by atoms with Crippen molar-refractivity contribution < 1.29 is 4.79 Å². The Morgan fingerprint density at radius 2 is 2.27 bits per heavy atom. The average molecular weight is 176 g/mol. The Labute approximate surface area is 72.5 Å². The van der Waals surface area contributed by atoms with E-state index in [-0.39, 0.29) is 17.2 Å². The highest BCUT2D eigenvalue weighted by Gasteiger charge is 2.25. The molecule has 0 bridgehead atoms. The fourth-order valence-electron chi connectivity index (χ4n) is 1.28. The van der Waals surface area contributed by atoms with E-state index >= 15 is 0 Å². The molecule has 0 saturated carbocycles. The minimum Gasteiger partial charge on any atom is -0.341 e. The van der Waals surface area contributed by atoms with Gasteiger partial charge in [0.2, 0.25) is 5.91 Å². The van der Waals surface area contributed by atoms with E-state index in [4.69, 9.17) is 11.6 Å². The predicted molar refractivity (Wildman–Crippen MR) is 45.7 cm³/mol. The van der Waals surface area contributed by atoms with Crippen LogP contribution in [0.4, 0.5) is 0 Å². The first-order valence-corrected chi connectivity index (χ1v) is 4.47. The number of hydrogen-bond donors (Lipinski definition) is 0. The minimum atomic E-state index is 0.108. The summed E-state index contributed by atoms with van der Waals surface area (Å²) >= 11 is 5.86. The van der Waals surface area contributed by atoms with Crippen molar-refractivity contribution in [1.29, 1.82) is 0 Å². The van der Waals surface area contributed by atoms with Gasteiger partial charge in [0.15, 0.2) is 0 Å². The highest BCUT2D eigenvalue weighted by molar-refractivity contribution is 6.21. The number of hydrogen-bond acceptors (Lipinski definition) is 1. The maximum absolute atomic E-state index is 11.4. The average Bonchev–Trinajstić information content (AvgIpc) is 2.34.